The number of nitrogens with zero attached hydrogens (tertiary/aromatic N) is 2. The van der Waals surface area contributed by atoms with Gasteiger partial charge in [0.15, 0.2) is 0 Å². The van der Waals surface area contributed by atoms with Gasteiger partial charge in [0.25, 0.3) is 0 Å². The molecule has 0 spiro atoms. The molecule has 5 heteroatoms. The van der Waals surface area contributed by atoms with Crippen LogP contribution in [0.4, 0.5) is 4.79 Å². The number of imidazole rings is 1. The quantitative estimate of drug-likeness (QED) is 0.774. The SMILES string of the molecule is NC(=O)OCCn1ccnc1C1CC1. The van der Waals surface area contributed by atoms with Crippen LogP contribution in [-0.4, -0.2) is 22.3 Å². The molecule has 1 saturated carbocycles. The predicted octanol–water partition coefficient (Wildman–Crippen LogP) is 0.856. The van der Waals surface area contributed by atoms with Crippen LogP contribution in [0.5, 0.6) is 0 Å². The van der Waals surface area contributed by atoms with Gasteiger partial charge < -0.3 is 15.0 Å². The van der Waals surface area contributed by atoms with Crippen molar-refractivity contribution in [3.63, 3.8) is 0 Å². The second-order valence-electron chi connectivity index (χ2n) is 3.42. The first-order valence-corrected chi connectivity index (χ1v) is 4.70. The molecule has 5 nitrogen and oxygen atoms in total. The van der Waals surface area contributed by atoms with E-state index in [2.05, 4.69) is 9.72 Å². The Morgan fingerprint density at radius 3 is 3.14 bits per heavy atom. The third-order valence-corrected chi connectivity index (χ3v) is 2.27. The summed E-state index contributed by atoms with van der Waals surface area (Å²) in [6, 6.07) is 0. The third-order valence-electron chi connectivity index (χ3n) is 2.27. The van der Waals surface area contributed by atoms with Crippen LogP contribution in [0.25, 0.3) is 0 Å². The number of carbonyl (C=O) groups excluding carboxylic acids is 1. The van der Waals surface area contributed by atoms with E-state index in [1.54, 1.807) is 6.20 Å². The van der Waals surface area contributed by atoms with Gasteiger partial charge >= 0.3 is 6.09 Å². The second-order valence-corrected chi connectivity index (χ2v) is 3.42. The van der Waals surface area contributed by atoms with Crippen molar-refractivity contribution in [1.29, 1.82) is 0 Å². The van der Waals surface area contributed by atoms with Gasteiger partial charge in [-0.05, 0) is 12.8 Å². The van der Waals surface area contributed by atoms with E-state index in [1.807, 2.05) is 10.8 Å². The number of hydrogen-bond donors (Lipinski definition) is 1. The van der Waals surface area contributed by atoms with Gasteiger partial charge in [-0.1, -0.05) is 0 Å². The van der Waals surface area contributed by atoms with E-state index in [1.165, 1.54) is 12.8 Å². The molecular formula is C9H13N3O2. The van der Waals surface area contributed by atoms with Crippen LogP contribution >= 0.6 is 0 Å². The largest absolute Gasteiger partial charge is 0.448 e. The van der Waals surface area contributed by atoms with Crippen LogP contribution in [0.2, 0.25) is 0 Å². The normalized spacial score (nSPS) is 15.4. The van der Waals surface area contributed by atoms with Crippen LogP contribution in [0.3, 0.4) is 0 Å². The smallest absolute Gasteiger partial charge is 0.404 e. The molecular weight excluding hydrogens is 182 g/mol. The zero-order valence-electron chi connectivity index (χ0n) is 7.85. The van der Waals surface area contributed by atoms with Crippen LogP contribution in [0.1, 0.15) is 24.6 Å². The summed E-state index contributed by atoms with van der Waals surface area (Å²) in [6.07, 6.45) is 5.38. The molecule has 0 aliphatic heterocycles. The van der Waals surface area contributed by atoms with Crippen molar-refractivity contribution in [2.75, 3.05) is 6.61 Å². The van der Waals surface area contributed by atoms with Gasteiger partial charge in [0.1, 0.15) is 12.4 Å². The van der Waals surface area contributed by atoms with Crippen LogP contribution in [0, 0.1) is 0 Å². The summed E-state index contributed by atoms with van der Waals surface area (Å²) in [4.78, 5) is 14.6. The lowest BCUT2D eigenvalue weighted by Gasteiger charge is -2.06. The molecule has 2 N–H and O–H groups in total. The number of hydrogen-bond acceptors (Lipinski definition) is 3. The summed E-state index contributed by atoms with van der Waals surface area (Å²) in [5.41, 5.74) is 4.86. The van der Waals surface area contributed by atoms with Crippen molar-refractivity contribution in [3.8, 4) is 0 Å². The monoisotopic (exact) mass is 195 g/mol. The Bertz CT molecular complexity index is 331. The fourth-order valence-electron chi connectivity index (χ4n) is 1.46. The first-order valence-electron chi connectivity index (χ1n) is 4.70. The molecule has 2 rings (SSSR count). The average Bonchev–Trinajstić information content (AvgIpc) is 2.87. The Morgan fingerprint density at radius 2 is 2.50 bits per heavy atom. The number of carbonyl (C=O) groups is 1. The highest BCUT2D eigenvalue weighted by Gasteiger charge is 2.27. The van der Waals surface area contributed by atoms with Crippen molar-refractivity contribution in [2.45, 2.75) is 25.3 Å². The van der Waals surface area contributed by atoms with Gasteiger partial charge in [-0.3, -0.25) is 0 Å². The highest BCUT2D eigenvalue weighted by molar-refractivity contribution is 5.64. The molecule has 0 bridgehead atoms. The van der Waals surface area contributed by atoms with Crippen LogP contribution in [-0.2, 0) is 11.3 Å². The molecule has 0 atom stereocenters. The summed E-state index contributed by atoms with van der Waals surface area (Å²) < 4.78 is 6.68. The van der Waals surface area contributed by atoms with Gasteiger partial charge in [0, 0.05) is 18.3 Å². The van der Waals surface area contributed by atoms with Gasteiger partial charge in [0.05, 0.1) is 6.54 Å². The lowest BCUT2D eigenvalue weighted by molar-refractivity contribution is 0.152. The molecule has 1 aromatic heterocycles. The molecule has 1 aliphatic rings. The van der Waals surface area contributed by atoms with Gasteiger partial charge in [-0.2, -0.15) is 0 Å². The standard InChI is InChI=1S/C9H13N3O2/c10-9(13)14-6-5-12-4-3-11-8(12)7-1-2-7/h3-4,7H,1-2,5-6H2,(H2,10,13). The Kier molecular flexibility index (Phi) is 2.39. The third kappa shape index (κ3) is 2.04. The molecule has 1 amide bonds. The second kappa shape index (κ2) is 3.69. The summed E-state index contributed by atoms with van der Waals surface area (Å²) in [6.45, 7) is 0.945. The maximum atomic E-state index is 10.3. The highest BCUT2D eigenvalue weighted by atomic mass is 16.5. The minimum atomic E-state index is -0.724. The van der Waals surface area contributed by atoms with Gasteiger partial charge in [0.2, 0.25) is 0 Å². The lowest BCUT2D eigenvalue weighted by atomic mass is 10.4. The Labute approximate surface area is 81.9 Å². The summed E-state index contributed by atoms with van der Waals surface area (Å²) in [5, 5.41) is 0. The van der Waals surface area contributed by atoms with E-state index in [4.69, 9.17) is 5.73 Å². The number of amides is 1. The van der Waals surface area contributed by atoms with Crippen molar-refractivity contribution in [3.05, 3.63) is 18.2 Å². The summed E-state index contributed by atoms with van der Waals surface area (Å²) >= 11 is 0. The zero-order valence-corrected chi connectivity index (χ0v) is 7.85. The fraction of sp³-hybridized carbons (Fsp3) is 0.556. The molecule has 1 aliphatic carbocycles. The Morgan fingerprint density at radius 1 is 1.71 bits per heavy atom. The number of aromatic nitrogens is 2. The number of nitrogens with two attached hydrogens (primary N) is 1. The summed E-state index contributed by atoms with van der Waals surface area (Å²) in [5.74, 6) is 1.71. The van der Waals surface area contributed by atoms with E-state index >= 15 is 0 Å². The maximum absolute atomic E-state index is 10.3. The van der Waals surface area contributed by atoms with E-state index < -0.39 is 6.09 Å². The molecule has 0 unspecified atom stereocenters. The van der Waals surface area contributed by atoms with Crippen molar-refractivity contribution in [1.82, 2.24) is 9.55 Å². The zero-order chi connectivity index (χ0) is 9.97. The molecule has 14 heavy (non-hydrogen) atoms. The average molecular weight is 195 g/mol. The van der Waals surface area contributed by atoms with E-state index in [0.29, 0.717) is 19.1 Å². The van der Waals surface area contributed by atoms with Crippen molar-refractivity contribution in [2.24, 2.45) is 5.73 Å². The van der Waals surface area contributed by atoms with Crippen LogP contribution < -0.4 is 5.73 Å². The molecule has 1 aromatic rings. The van der Waals surface area contributed by atoms with Crippen LogP contribution in [0.15, 0.2) is 12.4 Å². The topological polar surface area (TPSA) is 70.1 Å². The van der Waals surface area contributed by atoms with Crippen molar-refractivity contribution >= 4 is 6.09 Å². The first kappa shape index (κ1) is 9.05. The van der Waals surface area contributed by atoms with E-state index in [0.717, 1.165) is 5.82 Å². The number of ether oxygens (including phenoxy) is 1. The molecule has 0 radical (unpaired) electrons. The van der Waals surface area contributed by atoms with Gasteiger partial charge in [-0.15, -0.1) is 0 Å². The number of primary amides is 1. The molecule has 0 aromatic carbocycles. The Hall–Kier alpha value is -1.52. The Balaban J connectivity index is 1.88. The molecule has 1 heterocycles. The molecule has 1 fully saturated rings. The fourth-order valence-corrected chi connectivity index (χ4v) is 1.46. The maximum Gasteiger partial charge on any atom is 0.404 e. The minimum absolute atomic E-state index is 0.311. The van der Waals surface area contributed by atoms with Crippen molar-refractivity contribution < 1.29 is 9.53 Å². The summed E-state index contributed by atoms with van der Waals surface area (Å²) in [7, 11) is 0. The van der Waals surface area contributed by atoms with Gasteiger partial charge in [-0.25, -0.2) is 9.78 Å². The minimum Gasteiger partial charge on any atom is -0.448 e. The predicted molar refractivity (Wildman–Crippen MR) is 49.7 cm³/mol. The van der Waals surface area contributed by atoms with E-state index in [-0.39, 0.29) is 0 Å². The molecule has 76 valence electrons. The first-order chi connectivity index (χ1) is 6.77. The lowest BCUT2D eigenvalue weighted by Crippen LogP contribution is -2.17. The highest BCUT2D eigenvalue weighted by Crippen LogP contribution is 2.38. The molecule has 0 saturated heterocycles. The van der Waals surface area contributed by atoms with E-state index in [9.17, 15) is 4.79 Å². The number of rotatable bonds is 4.